The first-order chi connectivity index (χ1) is 12.9. The van der Waals surface area contributed by atoms with Gasteiger partial charge in [0.05, 0.1) is 16.7 Å². The molecule has 1 aromatic carbocycles. The third-order valence-electron chi connectivity index (χ3n) is 5.14. The van der Waals surface area contributed by atoms with E-state index in [1.54, 1.807) is 22.8 Å². The second-order valence-electron chi connectivity index (χ2n) is 7.23. The third kappa shape index (κ3) is 4.32. The van der Waals surface area contributed by atoms with Crippen molar-refractivity contribution in [2.24, 2.45) is 0 Å². The summed E-state index contributed by atoms with van der Waals surface area (Å²) in [4.78, 5) is 32.3. The number of aromatic nitrogens is 2. The van der Waals surface area contributed by atoms with Gasteiger partial charge in [-0.2, -0.15) is 0 Å². The Kier molecular flexibility index (Phi) is 6.48. The van der Waals surface area contributed by atoms with Crippen LogP contribution in [0.1, 0.15) is 46.5 Å². The van der Waals surface area contributed by atoms with Gasteiger partial charge >= 0.3 is 0 Å². The number of benzene rings is 1. The van der Waals surface area contributed by atoms with E-state index in [2.05, 4.69) is 18.8 Å². The SMILES string of the molecule is CCCn1c(SCC(=O)N2C(C)CCCC2C)nc2cc(Cl)ccc2c1=O. The number of halogens is 1. The quantitative estimate of drug-likeness (QED) is 0.546. The second-order valence-corrected chi connectivity index (χ2v) is 8.61. The van der Waals surface area contributed by atoms with Crippen molar-refractivity contribution in [2.45, 2.75) is 70.2 Å². The minimum absolute atomic E-state index is 0.0758. The molecular formula is C20H26ClN3O2S. The number of thioether (sulfide) groups is 1. The topological polar surface area (TPSA) is 55.2 Å². The van der Waals surface area contributed by atoms with Gasteiger partial charge in [-0.3, -0.25) is 14.2 Å². The van der Waals surface area contributed by atoms with Crippen LogP contribution >= 0.6 is 23.4 Å². The van der Waals surface area contributed by atoms with Crippen molar-refractivity contribution in [1.29, 1.82) is 0 Å². The molecule has 1 aliphatic rings. The summed E-state index contributed by atoms with van der Waals surface area (Å²) in [5, 5.41) is 1.69. The van der Waals surface area contributed by atoms with E-state index in [1.165, 1.54) is 18.2 Å². The number of carbonyl (C=O) groups excluding carboxylic acids is 1. The largest absolute Gasteiger partial charge is 0.337 e. The molecule has 2 atom stereocenters. The fraction of sp³-hybridized carbons (Fsp3) is 0.550. The zero-order chi connectivity index (χ0) is 19.6. The summed E-state index contributed by atoms with van der Waals surface area (Å²) in [5.41, 5.74) is 0.502. The van der Waals surface area contributed by atoms with Crippen LogP contribution in [0.25, 0.3) is 10.9 Å². The van der Waals surface area contributed by atoms with E-state index in [-0.39, 0.29) is 29.3 Å². The number of nitrogens with zero attached hydrogens (tertiary/aromatic N) is 3. The maximum atomic E-state index is 12.9. The summed E-state index contributed by atoms with van der Waals surface area (Å²) in [7, 11) is 0. The highest BCUT2D eigenvalue weighted by atomic mass is 35.5. The van der Waals surface area contributed by atoms with Gasteiger partial charge in [0.1, 0.15) is 0 Å². The van der Waals surface area contributed by atoms with Gasteiger partial charge < -0.3 is 4.90 Å². The van der Waals surface area contributed by atoms with E-state index in [4.69, 9.17) is 11.6 Å². The van der Waals surface area contributed by atoms with Crippen molar-refractivity contribution >= 4 is 40.2 Å². The predicted octanol–water partition coefficient (Wildman–Crippen LogP) is 4.34. The van der Waals surface area contributed by atoms with Gasteiger partial charge in [-0.05, 0) is 57.7 Å². The molecule has 0 N–H and O–H groups in total. The molecule has 27 heavy (non-hydrogen) atoms. The first-order valence-corrected chi connectivity index (χ1v) is 10.9. The standard InChI is InChI=1S/C20H26ClN3O2S/c1-4-10-23-19(26)16-9-8-15(21)11-17(16)22-20(23)27-12-18(25)24-13(2)6-5-7-14(24)3/h8-9,11,13-14H,4-7,10,12H2,1-3H3. The number of fused-ring (bicyclic) bond motifs is 1. The van der Waals surface area contributed by atoms with E-state index in [0.29, 0.717) is 27.6 Å². The fourth-order valence-electron chi connectivity index (χ4n) is 3.82. The van der Waals surface area contributed by atoms with Gasteiger partial charge in [0.2, 0.25) is 5.91 Å². The Morgan fingerprint density at radius 2 is 2.00 bits per heavy atom. The molecule has 7 heteroatoms. The molecule has 0 spiro atoms. The number of likely N-dealkylation sites (tertiary alicyclic amines) is 1. The van der Waals surface area contributed by atoms with Crippen molar-refractivity contribution in [3.63, 3.8) is 0 Å². The molecule has 2 aromatic rings. The zero-order valence-electron chi connectivity index (χ0n) is 16.1. The van der Waals surface area contributed by atoms with Crippen molar-refractivity contribution < 1.29 is 4.79 Å². The molecular weight excluding hydrogens is 382 g/mol. The molecule has 1 saturated heterocycles. The van der Waals surface area contributed by atoms with E-state index in [1.807, 2.05) is 11.8 Å². The highest BCUT2D eigenvalue weighted by Crippen LogP contribution is 2.25. The highest BCUT2D eigenvalue weighted by Gasteiger charge is 2.29. The van der Waals surface area contributed by atoms with Crippen LogP contribution in [0, 0.1) is 0 Å². The Balaban J connectivity index is 1.88. The lowest BCUT2D eigenvalue weighted by molar-refractivity contribution is -0.134. The molecule has 1 fully saturated rings. The molecule has 0 radical (unpaired) electrons. The van der Waals surface area contributed by atoms with Gasteiger partial charge in [0.25, 0.3) is 5.56 Å². The third-order valence-corrected chi connectivity index (χ3v) is 6.33. The average Bonchev–Trinajstić information content (AvgIpc) is 2.62. The molecule has 0 aliphatic carbocycles. The monoisotopic (exact) mass is 407 g/mol. The smallest absolute Gasteiger partial charge is 0.262 e. The lowest BCUT2D eigenvalue weighted by Crippen LogP contribution is -2.48. The fourth-order valence-corrected chi connectivity index (χ4v) is 4.88. The van der Waals surface area contributed by atoms with Crippen molar-refractivity contribution in [3.05, 3.63) is 33.6 Å². The summed E-state index contributed by atoms with van der Waals surface area (Å²) in [5.74, 6) is 0.403. The number of carbonyl (C=O) groups is 1. The Morgan fingerprint density at radius 1 is 1.30 bits per heavy atom. The van der Waals surface area contributed by atoms with E-state index in [0.717, 1.165) is 19.3 Å². The first-order valence-electron chi connectivity index (χ1n) is 9.56. The van der Waals surface area contributed by atoms with Crippen LogP contribution in [0.3, 0.4) is 0 Å². The highest BCUT2D eigenvalue weighted by molar-refractivity contribution is 7.99. The number of rotatable bonds is 5. The first kappa shape index (κ1) is 20.2. The number of amides is 1. The second kappa shape index (κ2) is 8.65. The molecule has 1 amide bonds. The minimum Gasteiger partial charge on any atom is -0.337 e. The average molecular weight is 408 g/mol. The van der Waals surface area contributed by atoms with Gasteiger partial charge in [-0.15, -0.1) is 0 Å². The summed E-state index contributed by atoms with van der Waals surface area (Å²) in [6, 6.07) is 5.66. The molecule has 1 aliphatic heterocycles. The molecule has 3 rings (SSSR count). The number of hydrogen-bond donors (Lipinski definition) is 0. The van der Waals surface area contributed by atoms with Crippen molar-refractivity contribution in [1.82, 2.24) is 14.5 Å². The summed E-state index contributed by atoms with van der Waals surface area (Å²) in [6.45, 7) is 6.83. The van der Waals surface area contributed by atoms with Crippen LogP contribution in [-0.4, -0.2) is 38.2 Å². The maximum Gasteiger partial charge on any atom is 0.262 e. The Bertz CT molecular complexity index is 889. The van der Waals surface area contributed by atoms with Crippen LogP contribution < -0.4 is 5.56 Å². The van der Waals surface area contributed by atoms with Gasteiger partial charge in [-0.1, -0.05) is 30.3 Å². The van der Waals surface area contributed by atoms with Crippen LogP contribution in [0.15, 0.2) is 28.2 Å². The lowest BCUT2D eigenvalue weighted by atomic mass is 9.98. The van der Waals surface area contributed by atoms with E-state index >= 15 is 0 Å². The summed E-state index contributed by atoms with van der Waals surface area (Å²) >= 11 is 7.41. The van der Waals surface area contributed by atoms with Gasteiger partial charge in [0, 0.05) is 23.7 Å². The number of piperidine rings is 1. The molecule has 0 bridgehead atoms. The molecule has 146 valence electrons. The van der Waals surface area contributed by atoms with Crippen LogP contribution in [-0.2, 0) is 11.3 Å². The molecule has 2 unspecified atom stereocenters. The molecule has 5 nitrogen and oxygen atoms in total. The van der Waals surface area contributed by atoms with E-state index < -0.39 is 0 Å². The summed E-state index contributed by atoms with van der Waals surface area (Å²) in [6.07, 6.45) is 4.09. The van der Waals surface area contributed by atoms with Gasteiger partial charge in [0.15, 0.2) is 5.16 Å². The van der Waals surface area contributed by atoms with Crippen LogP contribution in [0.5, 0.6) is 0 Å². The normalized spacial score (nSPS) is 20.2. The summed E-state index contributed by atoms with van der Waals surface area (Å²) < 4.78 is 1.68. The zero-order valence-corrected chi connectivity index (χ0v) is 17.6. The maximum absolute atomic E-state index is 12.9. The Morgan fingerprint density at radius 3 is 2.67 bits per heavy atom. The number of hydrogen-bond acceptors (Lipinski definition) is 4. The van der Waals surface area contributed by atoms with Gasteiger partial charge in [-0.25, -0.2) is 4.98 Å². The van der Waals surface area contributed by atoms with Crippen molar-refractivity contribution in [2.75, 3.05) is 5.75 Å². The molecule has 2 heterocycles. The predicted molar refractivity (Wildman–Crippen MR) is 112 cm³/mol. The Labute approximate surface area is 169 Å². The molecule has 1 aromatic heterocycles. The van der Waals surface area contributed by atoms with E-state index in [9.17, 15) is 9.59 Å². The van der Waals surface area contributed by atoms with Crippen molar-refractivity contribution in [3.8, 4) is 0 Å². The lowest BCUT2D eigenvalue weighted by Gasteiger charge is -2.39. The van der Waals surface area contributed by atoms with Crippen LogP contribution in [0.2, 0.25) is 5.02 Å². The Hall–Kier alpha value is -1.53. The minimum atomic E-state index is -0.0758. The van der Waals surface area contributed by atoms with Crippen LogP contribution in [0.4, 0.5) is 0 Å². The molecule has 0 saturated carbocycles.